The summed E-state index contributed by atoms with van der Waals surface area (Å²) in [6, 6.07) is 3.61. The third-order valence-electron chi connectivity index (χ3n) is 2.36. The van der Waals surface area contributed by atoms with Gasteiger partial charge in [-0.2, -0.15) is 0 Å². The molecule has 1 heterocycles. The first kappa shape index (κ1) is 15.4. The van der Waals surface area contributed by atoms with E-state index in [0.29, 0.717) is 12.2 Å². The maximum Gasteiger partial charge on any atom is 0.269 e. The molecule has 0 fully saturated rings. The highest BCUT2D eigenvalue weighted by Gasteiger charge is 2.11. The highest BCUT2D eigenvalue weighted by atomic mass is 16.1. The van der Waals surface area contributed by atoms with Gasteiger partial charge >= 0.3 is 0 Å². The minimum absolute atomic E-state index is 0.0167. The highest BCUT2D eigenvalue weighted by Crippen LogP contribution is 2.13. The van der Waals surface area contributed by atoms with Crippen LogP contribution in [0.25, 0.3) is 0 Å². The van der Waals surface area contributed by atoms with Gasteiger partial charge in [0.05, 0.1) is 11.9 Å². The van der Waals surface area contributed by atoms with Gasteiger partial charge in [-0.15, -0.1) is 0 Å². The van der Waals surface area contributed by atoms with Gasteiger partial charge in [-0.25, -0.2) is 4.98 Å². The third kappa shape index (κ3) is 6.20. The van der Waals surface area contributed by atoms with Gasteiger partial charge < -0.3 is 15.5 Å². The molecule has 106 valence electrons. The van der Waals surface area contributed by atoms with E-state index in [1.54, 1.807) is 12.3 Å². The number of carbonyl (C=O) groups excluding carboxylic acids is 1. The van der Waals surface area contributed by atoms with Crippen molar-refractivity contribution in [1.29, 1.82) is 0 Å². The number of likely N-dealkylation sites (N-methyl/N-ethyl adjacent to an activating group) is 1. The van der Waals surface area contributed by atoms with Crippen molar-refractivity contribution in [3.05, 3.63) is 24.0 Å². The third-order valence-corrected chi connectivity index (χ3v) is 2.36. The molecule has 5 nitrogen and oxygen atoms in total. The topological polar surface area (TPSA) is 57.3 Å². The summed E-state index contributed by atoms with van der Waals surface area (Å²) in [6.07, 6.45) is 1.69. The van der Waals surface area contributed by atoms with Crippen molar-refractivity contribution in [2.45, 2.75) is 26.3 Å². The second-order valence-electron chi connectivity index (χ2n) is 5.87. The molecular formula is C14H24N4O. The Hall–Kier alpha value is -1.62. The number of carbonyl (C=O) groups is 1. The molecule has 1 aromatic heterocycles. The lowest BCUT2D eigenvalue weighted by molar-refractivity contribution is 0.0946. The van der Waals surface area contributed by atoms with Crippen LogP contribution in [0.4, 0.5) is 5.69 Å². The number of hydrogen-bond donors (Lipinski definition) is 2. The zero-order chi connectivity index (χ0) is 14.5. The van der Waals surface area contributed by atoms with E-state index >= 15 is 0 Å². The Labute approximate surface area is 115 Å². The predicted molar refractivity (Wildman–Crippen MR) is 78.5 cm³/mol. The molecule has 0 spiro atoms. The lowest BCUT2D eigenvalue weighted by atomic mass is 10.1. The second-order valence-corrected chi connectivity index (χ2v) is 5.87. The van der Waals surface area contributed by atoms with Gasteiger partial charge in [0.25, 0.3) is 5.91 Å². The standard InChI is InChI=1S/C14H24N4O/c1-14(2,3)17-11-6-7-12(16-10-11)13(19)15-8-9-18(4)5/h6-7,10,17H,8-9H2,1-5H3,(H,15,19). The van der Waals surface area contributed by atoms with E-state index in [0.717, 1.165) is 12.2 Å². The van der Waals surface area contributed by atoms with Gasteiger partial charge in [0.2, 0.25) is 0 Å². The average molecular weight is 264 g/mol. The number of pyridine rings is 1. The summed E-state index contributed by atoms with van der Waals surface area (Å²) in [4.78, 5) is 18.0. The molecule has 2 N–H and O–H groups in total. The zero-order valence-electron chi connectivity index (χ0n) is 12.4. The molecular weight excluding hydrogens is 240 g/mol. The van der Waals surface area contributed by atoms with E-state index in [1.807, 2.05) is 25.1 Å². The number of anilines is 1. The van der Waals surface area contributed by atoms with E-state index in [4.69, 9.17) is 0 Å². The van der Waals surface area contributed by atoms with Crippen LogP contribution >= 0.6 is 0 Å². The van der Waals surface area contributed by atoms with Crippen LogP contribution in [0.1, 0.15) is 31.3 Å². The number of rotatable bonds is 5. The number of amides is 1. The van der Waals surface area contributed by atoms with Crippen molar-refractivity contribution < 1.29 is 4.79 Å². The molecule has 0 saturated heterocycles. The van der Waals surface area contributed by atoms with Crippen molar-refractivity contribution in [2.24, 2.45) is 0 Å². The summed E-state index contributed by atoms with van der Waals surface area (Å²) < 4.78 is 0. The van der Waals surface area contributed by atoms with E-state index in [-0.39, 0.29) is 11.4 Å². The SMILES string of the molecule is CN(C)CCNC(=O)c1ccc(NC(C)(C)C)cn1. The van der Waals surface area contributed by atoms with Crippen LogP contribution in [0.2, 0.25) is 0 Å². The average Bonchev–Trinajstić information content (AvgIpc) is 2.27. The van der Waals surface area contributed by atoms with E-state index in [9.17, 15) is 4.79 Å². The molecule has 1 rings (SSSR count). The minimum atomic E-state index is -0.135. The van der Waals surface area contributed by atoms with Gasteiger partial charge in [0, 0.05) is 18.6 Å². The monoisotopic (exact) mass is 264 g/mol. The fourth-order valence-corrected chi connectivity index (χ4v) is 1.52. The predicted octanol–water partition coefficient (Wildman–Crippen LogP) is 1.58. The molecule has 1 amide bonds. The number of hydrogen-bond acceptors (Lipinski definition) is 4. The smallest absolute Gasteiger partial charge is 0.269 e. The van der Waals surface area contributed by atoms with Gasteiger partial charge in [-0.05, 0) is 47.0 Å². The summed E-state index contributed by atoms with van der Waals surface area (Å²) in [5.74, 6) is -0.135. The zero-order valence-corrected chi connectivity index (χ0v) is 12.4. The van der Waals surface area contributed by atoms with Crippen molar-refractivity contribution in [3.8, 4) is 0 Å². The van der Waals surface area contributed by atoms with Gasteiger partial charge in [-0.1, -0.05) is 0 Å². The molecule has 0 aromatic carbocycles. The quantitative estimate of drug-likeness (QED) is 0.848. The molecule has 0 radical (unpaired) electrons. The van der Waals surface area contributed by atoms with Crippen molar-refractivity contribution in [1.82, 2.24) is 15.2 Å². The normalized spacial score (nSPS) is 11.5. The summed E-state index contributed by atoms with van der Waals surface area (Å²) >= 11 is 0. The van der Waals surface area contributed by atoms with Crippen LogP contribution in [0, 0.1) is 0 Å². The van der Waals surface area contributed by atoms with E-state index in [1.165, 1.54) is 0 Å². The Morgan fingerprint density at radius 3 is 2.47 bits per heavy atom. The van der Waals surface area contributed by atoms with Crippen LogP contribution in [-0.4, -0.2) is 48.5 Å². The summed E-state index contributed by atoms with van der Waals surface area (Å²) in [5.41, 5.74) is 1.34. The first-order valence-electron chi connectivity index (χ1n) is 6.45. The van der Waals surface area contributed by atoms with Gasteiger partial charge in [-0.3, -0.25) is 4.79 Å². The maximum atomic E-state index is 11.8. The van der Waals surface area contributed by atoms with Gasteiger partial charge in [0.1, 0.15) is 5.69 Å². The fourth-order valence-electron chi connectivity index (χ4n) is 1.52. The van der Waals surface area contributed by atoms with Crippen molar-refractivity contribution >= 4 is 11.6 Å². The van der Waals surface area contributed by atoms with Crippen molar-refractivity contribution in [2.75, 3.05) is 32.5 Å². The molecule has 0 bridgehead atoms. The van der Waals surface area contributed by atoms with Crippen LogP contribution in [0.3, 0.4) is 0 Å². The Morgan fingerprint density at radius 1 is 1.32 bits per heavy atom. The largest absolute Gasteiger partial charge is 0.379 e. The summed E-state index contributed by atoms with van der Waals surface area (Å²) in [7, 11) is 3.94. The summed E-state index contributed by atoms with van der Waals surface area (Å²) in [5, 5.41) is 6.14. The Morgan fingerprint density at radius 2 is 2.00 bits per heavy atom. The fraction of sp³-hybridized carbons (Fsp3) is 0.571. The number of nitrogens with zero attached hydrogens (tertiary/aromatic N) is 2. The van der Waals surface area contributed by atoms with Crippen LogP contribution in [0.15, 0.2) is 18.3 Å². The lowest BCUT2D eigenvalue weighted by Crippen LogP contribution is -2.31. The second kappa shape index (κ2) is 6.52. The highest BCUT2D eigenvalue weighted by molar-refractivity contribution is 5.92. The molecule has 0 aliphatic heterocycles. The van der Waals surface area contributed by atoms with Gasteiger partial charge in [0.15, 0.2) is 0 Å². The number of aromatic nitrogens is 1. The molecule has 0 saturated carbocycles. The lowest BCUT2D eigenvalue weighted by Gasteiger charge is -2.21. The minimum Gasteiger partial charge on any atom is -0.379 e. The van der Waals surface area contributed by atoms with Crippen LogP contribution in [-0.2, 0) is 0 Å². The van der Waals surface area contributed by atoms with Crippen LogP contribution in [0.5, 0.6) is 0 Å². The number of nitrogens with one attached hydrogen (secondary N) is 2. The molecule has 0 atom stereocenters. The Bertz CT molecular complexity index is 406. The molecule has 19 heavy (non-hydrogen) atoms. The molecule has 5 heteroatoms. The van der Waals surface area contributed by atoms with Crippen molar-refractivity contribution in [3.63, 3.8) is 0 Å². The Kier molecular flexibility index (Phi) is 5.30. The Balaban J connectivity index is 2.53. The molecule has 0 unspecified atom stereocenters. The molecule has 0 aliphatic rings. The first-order valence-corrected chi connectivity index (χ1v) is 6.45. The molecule has 1 aromatic rings. The summed E-state index contributed by atoms with van der Waals surface area (Å²) in [6.45, 7) is 7.67. The van der Waals surface area contributed by atoms with Crippen LogP contribution < -0.4 is 10.6 Å². The van der Waals surface area contributed by atoms with E-state index < -0.39 is 0 Å². The molecule has 0 aliphatic carbocycles. The first-order chi connectivity index (χ1) is 8.78. The maximum absolute atomic E-state index is 11.8. The van der Waals surface area contributed by atoms with E-state index in [2.05, 4.69) is 36.4 Å².